The first-order chi connectivity index (χ1) is 19.4. The van der Waals surface area contributed by atoms with Gasteiger partial charge in [0.2, 0.25) is 17.7 Å². The van der Waals surface area contributed by atoms with E-state index >= 15 is 0 Å². The van der Waals surface area contributed by atoms with Gasteiger partial charge < -0.3 is 9.80 Å². The van der Waals surface area contributed by atoms with Crippen LogP contribution in [0.4, 0.5) is 10.2 Å². The van der Waals surface area contributed by atoms with Gasteiger partial charge in [0, 0.05) is 49.1 Å². The van der Waals surface area contributed by atoms with Crippen LogP contribution in [0.3, 0.4) is 0 Å². The van der Waals surface area contributed by atoms with Gasteiger partial charge in [-0.1, -0.05) is 50.6 Å². The molecule has 5 rings (SSSR count). The fourth-order valence-corrected chi connectivity index (χ4v) is 6.67. The number of hydrogen-bond donors (Lipinski definition) is 0. The Bertz CT molecular complexity index is 1500. The molecule has 0 bridgehead atoms. The second kappa shape index (κ2) is 11.5. The molecule has 2 aliphatic heterocycles. The van der Waals surface area contributed by atoms with Crippen LogP contribution in [0, 0.1) is 5.82 Å². The molecule has 11 heteroatoms. The summed E-state index contributed by atoms with van der Waals surface area (Å²) in [5, 5.41) is 5.14. The lowest BCUT2D eigenvalue weighted by atomic mass is 9.87. The summed E-state index contributed by atoms with van der Waals surface area (Å²) in [6.07, 6.45) is 0. The highest BCUT2D eigenvalue weighted by Gasteiger charge is 2.40. The van der Waals surface area contributed by atoms with Gasteiger partial charge in [0.05, 0.1) is 22.4 Å². The number of halogens is 2. The molecule has 1 atom stereocenters. The van der Waals surface area contributed by atoms with Gasteiger partial charge in [-0.05, 0) is 35.9 Å². The number of carbonyl (C=O) groups is 3. The summed E-state index contributed by atoms with van der Waals surface area (Å²) < 4.78 is 16.2. The molecular weight excluding hydrogens is 565 g/mol. The van der Waals surface area contributed by atoms with Gasteiger partial charge in [-0.25, -0.2) is 9.07 Å². The highest BCUT2D eigenvalue weighted by molar-refractivity contribution is 8.00. The number of fused-ring (bicyclic) bond motifs is 1. The first-order valence-electron chi connectivity index (χ1n) is 13.5. The lowest BCUT2D eigenvalue weighted by molar-refractivity contribution is -0.137. The number of carbonyl (C=O) groups excluding carboxylic acids is 3. The summed E-state index contributed by atoms with van der Waals surface area (Å²) in [6.45, 7) is 9.16. The minimum atomic E-state index is -0.438. The number of hydrogen-bond acceptors (Lipinski definition) is 5. The predicted molar refractivity (Wildman–Crippen MR) is 159 cm³/mol. The molecule has 1 unspecified atom stereocenters. The maximum absolute atomic E-state index is 14.5. The van der Waals surface area contributed by atoms with Gasteiger partial charge in [0.1, 0.15) is 18.2 Å². The number of piperazine rings is 1. The molecule has 3 aromatic rings. The molecule has 1 aromatic heterocycles. The molecule has 1 fully saturated rings. The number of rotatable bonds is 4. The number of thioether (sulfide) groups is 1. The Balaban J connectivity index is 1.66. The van der Waals surface area contributed by atoms with Crippen LogP contribution < -0.4 is 4.90 Å². The van der Waals surface area contributed by atoms with E-state index in [4.69, 9.17) is 16.7 Å². The fraction of sp³-hybridized carbons (Fsp3) is 0.400. The van der Waals surface area contributed by atoms with E-state index in [0.29, 0.717) is 48.3 Å². The number of anilines is 1. The number of nitrogens with zero attached hydrogens (tertiary/aromatic N) is 5. The predicted octanol–water partition coefficient (Wildman–Crippen LogP) is 4.82. The van der Waals surface area contributed by atoms with E-state index in [1.807, 2.05) is 39.0 Å². The van der Waals surface area contributed by atoms with E-state index in [-0.39, 0.29) is 35.8 Å². The molecule has 0 radical (unpaired) electrons. The fourth-order valence-electron chi connectivity index (χ4n) is 5.30. The van der Waals surface area contributed by atoms with E-state index < -0.39 is 10.7 Å². The van der Waals surface area contributed by atoms with Crippen molar-refractivity contribution < 1.29 is 18.8 Å². The Kier molecular flexibility index (Phi) is 8.16. The zero-order chi connectivity index (χ0) is 29.5. The van der Waals surface area contributed by atoms with Crippen LogP contribution in [0.2, 0.25) is 5.02 Å². The summed E-state index contributed by atoms with van der Waals surface area (Å²) in [7, 11) is 0. The summed E-state index contributed by atoms with van der Waals surface area (Å²) in [4.78, 5) is 44.2. The van der Waals surface area contributed by atoms with Crippen molar-refractivity contribution in [2.75, 3.05) is 43.4 Å². The molecule has 3 amide bonds. The molecular formula is C30H33ClFN5O3S. The Morgan fingerprint density at radius 1 is 1.05 bits per heavy atom. The SMILES string of the molecule is CC(=O)N1CCN(C(=O)CN2C(=O)CSC(c3cccc(F)c3)c3c(C(C)(C)C)nn(-c4cccc(Cl)c4)c32)CC1. The van der Waals surface area contributed by atoms with Crippen molar-refractivity contribution in [3.05, 3.63) is 76.2 Å². The van der Waals surface area contributed by atoms with Gasteiger partial charge in [-0.3, -0.25) is 19.3 Å². The Hall–Kier alpha value is -3.37. The second-order valence-corrected chi connectivity index (χ2v) is 12.9. The highest BCUT2D eigenvalue weighted by Crippen LogP contribution is 2.48. The molecule has 216 valence electrons. The highest BCUT2D eigenvalue weighted by atomic mass is 35.5. The maximum atomic E-state index is 14.5. The van der Waals surface area contributed by atoms with Crippen LogP contribution in [0.25, 0.3) is 5.69 Å². The Morgan fingerprint density at radius 2 is 1.73 bits per heavy atom. The molecule has 0 N–H and O–H groups in total. The largest absolute Gasteiger partial charge is 0.339 e. The Morgan fingerprint density at radius 3 is 2.37 bits per heavy atom. The molecule has 0 saturated carbocycles. The maximum Gasteiger partial charge on any atom is 0.242 e. The summed E-state index contributed by atoms with van der Waals surface area (Å²) in [5.41, 5.74) is 2.44. The zero-order valence-electron chi connectivity index (χ0n) is 23.6. The van der Waals surface area contributed by atoms with Crippen molar-refractivity contribution in [2.24, 2.45) is 0 Å². The number of benzene rings is 2. The van der Waals surface area contributed by atoms with Crippen molar-refractivity contribution in [1.82, 2.24) is 19.6 Å². The third-order valence-corrected chi connectivity index (χ3v) is 8.86. The monoisotopic (exact) mass is 597 g/mol. The molecule has 0 spiro atoms. The van der Waals surface area contributed by atoms with E-state index in [1.54, 1.807) is 32.7 Å². The van der Waals surface area contributed by atoms with Gasteiger partial charge in [-0.2, -0.15) is 5.10 Å². The molecule has 3 heterocycles. The van der Waals surface area contributed by atoms with Gasteiger partial charge in [0.15, 0.2) is 0 Å². The van der Waals surface area contributed by atoms with Crippen molar-refractivity contribution in [3.63, 3.8) is 0 Å². The third kappa shape index (κ3) is 5.99. The summed E-state index contributed by atoms with van der Waals surface area (Å²) >= 11 is 7.78. The minimum Gasteiger partial charge on any atom is -0.339 e. The first kappa shape index (κ1) is 29.1. The molecule has 2 aliphatic rings. The molecule has 8 nitrogen and oxygen atoms in total. The molecule has 0 aliphatic carbocycles. The van der Waals surface area contributed by atoms with Crippen LogP contribution in [0.5, 0.6) is 0 Å². The van der Waals surface area contributed by atoms with Crippen LogP contribution in [0.15, 0.2) is 48.5 Å². The lowest BCUT2D eigenvalue weighted by Crippen LogP contribution is -2.53. The molecule has 1 saturated heterocycles. The van der Waals surface area contributed by atoms with E-state index in [2.05, 4.69) is 0 Å². The van der Waals surface area contributed by atoms with Crippen molar-refractivity contribution in [3.8, 4) is 5.69 Å². The van der Waals surface area contributed by atoms with Crippen LogP contribution in [-0.2, 0) is 19.8 Å². The second-order valence-electron chi connectivity index (χ2n) is 11.3. The Labute approximate surface area is 248 Å². The van der Waals surface area contributed by atoms with E-state index in [1.165, 1.54) is 35.7 Å². The zero-order valence-corrected chi connectivity index (χ0v) is 25.1. The normalized spacial score (nSPS) is 17.9. The van der Waals surface area contributed by atoms with Gasteiger partial charge >= 0.3 is 0 Å². The van der Waals surface area contributed by atoms with Crippen LogP contribution in [-0.4, -0.2) is 75.8 Å². The smallest absolute Gasteiger partial charge is 0.242 e. The molecule has 41 heavy (non-hydrogen) atoms. The standard InChI is InChI=1S/C30H33ClFN5O3S/c1-19(38)34-11-13-35(14-12-34)24(39)17-36-25(40)18-41-27(20-7-5-9-22(32)15-20)26-28(30(2,3)4)33-37(29(26)36)23-10-6-8-21(31)16-23/h5-10,15-16,27H,11-14,17-18H2,1-4H3. The quantitative estimate of drug-likeness (QED) is 0.431. The van der Waals surface area contributed by atoms with Crippen LogP contribution >= 0.6 is 23.4 Å². The van der Waals surface area contributed by atoms with E-state index in [0.717, 1.165) is 11.3 Å². The third-order valence-electron chi connectivity index (χ3n) is 7.37. The lowest BCUT2D eigenvalue weighted by Gasteiger charge is -2.35. The van der Waals surface area contributed by atoms with Crippen molar-refractivity contribution >= 4 is 46.9 Å². The molecule has 2 aromatic carbocycles. The average molecular weight is 598 g/mol. The van der Waals surface area contributed by atoms with E-state index in [9.17, 15) is 18.8 Å². The number of aromatic nitrogens is 2. The van der Waals surface area contributed by atoms with Gasteiger partial charge in [0.25, 0.3) is 0 Å². The summed E-state index contributed by atoms with van der Waals surface area (Å²) in [6, 6.07) is 13.6. The number of amides is 3. The first-order valence-corrected chi connectivity index (χ1v) is 15.0. The average Bonchev–Trinajstić information content (AvgIpc) is 3.26. The minimum absolute atomic E-state index is 0.0232. The van der Waals surface area contributed by atoms with Crippen molar-refractivity contribution in [2.45, 2.75) is 38.4 Å². The van der Waals surface area contributed by atoms with Crippen LogP contribution in [0.1, 0.15) is 49.8 Å². The van der Waals surface area contributed by atoms with Crippen molar-refractivity contribution in [1.29, 1.82) is 0 Å². The topological polar surface area (TPSA) is 78.8 Å². The van der Waals surface area contributed by atoms with Gasteiger partial charge in [-0.15, -0.1) is 11.8 Å². The summed E-state index contributed by atoms with van der Waals surface area (Å²) in [5.74, 6) is -0.258.